The van der Waals surface area contributed by atoms with Crippen molar-refractivity contribution in [2.24, 2.45) is 16.1 Å². The maximum Gasteiger partial charge on any atom is 0.264 e. The Morgan fingerprint density at radius 3 is 2.61 bits per heavy atom. The number of hydrogen-bond donors (Lipinski definition) is 0. The minimum atomic E-state index is -1.09. The van der Waals surface area contributed by atoms with Gasteiger partial charge in [0.2, 0.25) is 5.91 Å². The molecule has 0 aromatic heterocycles. The summed E-state index contributed by atoms with van der Waals surface area (Å²) in [6, 6.07) is 5.25. The molecule has 0 saturated carbocycles. The smallest absolute Gasteiger partial charge is 0.264 e. The fourth-order valence-corrected chi connectivity index (χ4v) is 2.34. The fraction of sp³-hybridized carbons (Fsp3) is 0.333. The van der Waals surface area contributed by atoms with Crippen molar-refractivity contribution in [2.75, 3.05) is 11.4 Å². The third-order valence-electron chi connectivity index (χ3n) is 3.46. The summed E-state index contributed by atoms with van der Waals surface area (Å²) in [7, 11) is 0. The van der Waals surface area contributed by atoms with Crippen LogP contribution in [0.5, 0.6) is 0 Å². The van der Waals surface area contributed by atoms with Gasteiger partial charge in [0, 0.05) is 0 Å². The number of amides is 2. The van der Waals surface area contributed by atoms with E-state index >= 15 is 0 Å². The predicted molar refractivity (Wildman–Crippen MR) is 60.5 cm³/mol. The number of carbonyl (C=O) groups excluding carboxylic acids is 2. The van der Waals surface area contributed by atoms with E-state index in [9.17, 15) is 14.0 Å². The first kappa shape index (κ1) is 11.0. The Bertz CT molecular complexity index is 569. The maximum absolute atomic E-state index is 12.9. The van der Waals surface area contributed by atoms with E-state index in [0.717, 1.165) is 4.90 Å². The average Bonchev–Trinajstić information content (AvgIpc) is 2.81. The third kappa shape index (κ3) is 1.25. The summed E-state index contributed by atoms with van der Waals surface area (Å²) in [5.74, 6) is -1.66. The van der Waals surface area contributed by atoms with Crippen molar-refractivity contribution in [3.05, 3.63) is 30.1 Å². The number of carbonyl (C=O) groups is 2. The van der Waals surface area contributed by atoms with E-state index in [4.69, 9.17) is 0 Å². The van der Waals surface area contributed by atoms with Gasteiger partial charge in [-0.3, -0.25) is 9.59 Å². The van der Waals surface area contributed by atoms with E-state index < -0.39 is 23.2 Å². The molecule has 0 spiro atoms. The molecule has 1 aromatic rings. The van der Waals surface area contributed by atoms with E-state index in [1.54, 1.807) is 6.92 Å². The van der Waals surface area contributed by atoms with Crippen molar-refractivity contribution in [2.45, 2.75) is 12.5 Å². The van der Waals surface area contributed by atoms with Crippen LogP contribution in [0.2, 0.25) is 0 Å². The van der Waals surface area contributed by atoms with Crippen molar-refractivity contribution >= 4 is 17.5 Å². The van der Waals surface area contributed by atoms with Crippen molar-refractivity contribution < 1.29 is 14.0 Å². The zero-order chi connectivity index (χ0) is 12.9. The highest BCUT2D eigenvalue weighted by atomic mass is 19.1. The Balaban J connectivity index is 2.04. The van der Waals surface area contributed by atoms with Gasteiger partial charge in [0.05, 0.1) is 18.2 Å². The van der Waals surface area contributed by atoms with Crippen LogP contribution in [0.25, 0.3) is 0 Å². The first-order valence-corrected chi connectivity index (χ1v) is 5.56. The second kappa shape index (κ2) is 3.44. The molecule has 2 aliphatic heterocycles. The molecule has 92 valence electrons. The van der Waals surface area contributed by atoms with Gasteiger partial charge in [-0.05, 0) is 31.2 Å². The summed E-state index contributed by atoms with van der Waals surface area (Å²) in [5.41, 5.74) is -0.719. The standard InChI is InChI=1S/C12H10FN3O2/c1-12-9(6-14-15-12)10(17)16(11(12)18)8-4-2-7(13)3-5-8/h2-5,9H,6H2,1H3. The lowest BCUT2D eigenvalue weighted by Crippen LogP contribution is -2.37. The number of azo groups is 1. The normalized spacial score (nSPS) is 30.1. The molecule has 2 atom stereocenters. The Kier molecular flexibility index (Phi) is 2.10. The summed E-state index contributed by atoms with van der Waals surface area (Å²) in [4.78, 5) is 25.5. The first-order valence-electron chi connectivity index (χ1n) is 5.56. The molecule has 5 nitrogen and oxygen atoms in total. The highest BCUT2D eigenvalue weighted by Crippen LogP contribution is 2.40. The van der Waals surface area contributed by atoms with Gasteiger partial charge in [-0.2, -0.15) is 10.2 Å². The van der Waals surface area contributed by atoms with Gasteiger partial charge in [-0.15, -0.1) is 0 Å². The molecule has 2 aliphatic rings. The topological polar surface area (TPSA) is 62.1 Å². The van der Waals surface area contributed by atoms with E-state index in [0.29, 0.717) is 5.69 Å². The molecular formula is C12H10FN3O2. The van der Waals surface area contributed by atoms with Crippen molar-refractivity contribution in [1.82, 2.24) is 0 Å². The lowest BCUT2D eigenvalue weighted by atomic mass is 9.90. The summed E-state index contributed by atoms with van der Waals surface area (Å²) >= 11 is 0. The molecule has 0 bridgehead atoms. The monoisotopic (exact) mass is 247 g/mol. The van der Waals surface area contributed by atoms with Crippen LogP contribution >= 0.6 is 0 Å². The number of nitrogens with zero attached hydrogens (tertiary/aromatic N) is 3. The molecule has 1 aromatic carbocycles. The summed E-state index contributed by atoms with van der Waals surface area (Å²) in [6.07, 6.45) is 0. The zero-order valence-corrected chi connectivity index (χ0v) is 9.63. The van der Waals surface area contributed by atoms with Crippen LogP contribution in [0.4, 0.5) is 10.1 Å². The van der Waals surface area contributed by atoms with E-state index in [1.165, 1.54) is 24.3 Å². The van der Waals surface area contributed by atoms with Crippen molar-refractivity contribution in [3.63, 3.8) is 0 Å². The molecule has 1 fully saturated rings. The quantitative estimate of drug-likeness (QED) is 0.706. The number of rotatable bonds is 1. The third-order valence-corrected chi connectivity index (χ3v) is 3.46. The SMILES string of the molecule is CC12N=NCC1C(=O)N(c1ccc(F)cc1)C2=O. The molecule has 0 radical (unpaired) electrons. The minimum Gasteiger partial charge on any atom is -0.274 e. The zero-order valence-electron chi connectivity index (χ0n) is 9.63. The summed E-state index contributed by atoms with van der Waals surface area (Å²) in [6.45, 7) is 1.84. The molecule has 1 saturated heterocycles. The summed E-state index contributed by atoms with van der Waals surface area (Å²) < 4.78 is 12.9. The second-order valence-electron chi connectivity index (χ2n) is 4.58. The Hall–Kier alpha value is -2.11. The second-order valence-corrected chi connectivity index (χ2v) is 4.58. The van der Waals surface area contributed by atoms with Gasteiger partial charge in [0.15, 0.2) is 5.54 Å². The number of anilines is 1. The number of benzene rings is 1. The van der Waals surface area contributed by atoms with E-state index in [2.05, 4.69) is 10.2 Å². The molecule has 2 unspecified atom stereocenters. The fourth-order valence-electron chi connectivity index (χ4n) is 2.34. The van der Waals surface area contributed by atoms with Crippen LogP contribution in [0.1, 0.15) is 6.92 Å². The first-order chi connectivity index (χ1) is 8.54. The number of imide groups is 1. The van der Waals surface area contributed by atoms with Crippen LogP contribution in [0.3, 0.4) is 0 Å². The largest absolute Gasteiger partial charge is 0.274 e. The number of hydrogen-bond acceptors (Lipinski definition) is 4. The van der Waals surface area contributed by atoms with Gasteiger partial charge >= 0.3 is 0 Å². The molecule has 18 heavy (non-hydrogen) atoms. The van der Waals surface area contributed by atoms with Gasteiger partial charge < -0.3 is 0 Å². The van der Waals surface area contributed by atoms with Gasteiger partial charge in [0.25, 0.3) is 5.91 Å². The predicted octanol–water partition coefficient (Wildman–Crippen LogP) is 1.54. The van der Waals surface area contributed by atoms with E-state index in [-0.39, 0.29) is 12.5 Å². The van der Waals surface area contributed by atoms with Gasteiger partial charge in [-0.1, -0.05) is 0 Å². The minimum absolute atomic E-state index is 0.235. The van der Waals surface area contributed by atoms with Crippen molar-refractivity contribution in [1.29, 1.82) is 0 Å². The van der Waals surface area contributed by atoms with Crippen LogP contribution in [-0.2, 0) is 9.59 Å². The Morgan fingerprint density at radius 2 is 2.00 bits per heavy atom. The molecule has 0 aliphatic carbocycles. The number of halogens is 1. The lowest BCUT2D eigenvalue weighted by molar-refractivity contribution is -0.122. The number of fused-ring (bicyclic) bond motifs is 1. The molecular weight excluding hydrogens is 237 g/mol. The molecule has 6 heteroatoms. The van der Waals surface area contributed by atoms with Crippen LogP contribution < -0.4 is 4.90 Å². The molecule has 2 heterocycles. The van der Waals surface area contributed by atoms with Gasteiger partial charge in [-0.25, -0.2) is 9.29 Å². The Morgan fingerprint density at radius 1 is 1.33 bits per heavy atom. The van der Waals surface area contributed by atoms with Crippen molar-refractivity contribution in [3.8, 4) is 0 Å². The summed E-state index contributed by atoms with van der Waals surface area (Å²) in [5, 5.41) is 7.67. The van der Waals surface area contributed by atoms with Crippen LogP contribution in [0, 0.1) is 11.7 Å². The molecule has 3 rings (SSSR count). The van der Waals surface area contributed by atoms with E-state index in [1.807, 2.05) is 0 Å². The maximum atomic E-state index is 12.9. The lowest BCUT2D eigenvalue weighted by Gasteiger charge is -2.16. The highest BCUT2D eigenvalue weighted by molar-refractivity contribution is 6.25. The van der Waals surface area contributed by atoms with Crippen LogP contribution in [-0.4, -0.2) is 23.9 Å². The molecule has 2 amide bonds. The average molecular weight is 247 g/mol. The van der Waals surface area contributed by atoms with Crippen LogP contribution in [0.15, 0.2) is 34.5 Å². The Labute approximate surface area is 102 Å². The molecule has 0 N–H and O–H groups in total. The highest BCUT2D eigenvalue weighted by Gasteiger charge is 2.59. The van der Waals surface area contributed by atoms with Gasteiger partial charge in [0.1, 0.15) is 5.82 Å².